The summed E-state index contributed by atoms with van der Waals surface area (Å²) >= 11 is 0. The van der Waals surface area contributed by atoms with Gasteiger partial charge in [0.05, 0.1) is 51.1 Å². The first-order valence-corrected chi connectivity index (χ1v) is 11.6. The summed E-state index contributed by atoms with van der Waals surface area (Å²) < 4.78 is 22.7. The molecule has 1 amide bonds. The molecule has 0 bridgehead atoms. The third-order valence-electron chi connectivity index (χ3n) is 5.90. The molecule has 0 atom stereocenters. The number of rotatable bonds is 9. The predicted octanol–water partition coefficient (Wildman–Crippen LogP) is 4.02. The number of aromatic nitrogens is 2. The lowest BCUT2D eigenvalue weighted by molar-refractivity contribution is 0.0954. The van der Waals surface area contributed by atoms with Crippen molar-refractivity contribution in [2.75, 3.05) is 28.4 Å². The molecule has 0 saturated heterocycles. The van der Waals surface area contributed by atoms with Gasteiger partial charge >= 0.3 is 0 Å². The summed E-state index contributed by atoms with van der Waals surface area (Å²) in [5, 5.41) is 7.44. The fourth-order valence-corrected chi connectivity index (χ4v) is 3.97. The van der Waals surface area contributed by atoms with E-state index in [-0.39, 0.29) is 11.1 Å². The molecule has 0 spiro atoms. The van der Waals surface area contributed by atoms with Crippen molar-refractivity contribution in [2.24, 2.45) is 5.10 Å². The highest BCUT2D eigenvalue weighted by atomic mass is 16.5. The number of methoxy groups -OCH3 is 4. The van der Waals surface area contributed by atoms with Gasteiger partial charge in [-0.3, -0.25) is 14.7 Å². The molecule has 0 unspecified atom stereocenters. The number of nitrogens with zero attached hydrogens (tertiary/aromatic N) is 2. The van der Waals surface area contributed by atoms with Crippen molar-refractivity contribution < 1.29 is 23.7 Å². The zero-order valence-electron chi connectivity index (χ0n) is 21.7. The zero-order chi connectivity index (χ0) is 27.2. The van der Waals surface area contributed by atoms with E-state index in [9.17, 15) is 9.59 Å². The summed E-state index contributed by atoms with van der Waals surface area (Å²) in [6, 6.07) is 19.5. The van der Waals surface area contributed by atoms with Crippen LogP contribution in [0.25, 0.3) is 16.9 Å². The Morgan fingerprint density at radius 3 is 2.05 bits per heavy atom. The van der Waals surface area contributed by atoms with Crippen LogP contribution in [0.4, 0.5) is 0 Å². The number of hydrogen-bond donors (Lipinski definition) is 2. The normalized spacial score (nSPS) is 11.1. The van der Waals surface area contributed by atoms with Gasteiger partial charge < -0.3 is 18.9 Å². The fourth-order valence-electron chi connectivity index (χ4n) is 3.97. The molecule has 0 aliphatic carbocycles. The van der Waals surface area contributed by atoms with E-state index in [4.69, 9.17) is 18.9 Å². The Balaban J connectivity index is 1.74. The van der Waals surface area contributed by atoms with E-state index >= 15 is 0 Å². The van der Waals surface area contributed by atoms with Crippen LogP contribution in [0.3, 0.4) is 0 Å². The van der Waals surface area contributed by atoms with Crippen LogP contribution < -0.4 is 29.9 Å². The lowest BCUT2D eigenvalue weighted by atomic mass is 10.1. The first-order valence-electron chi connectivity index (χ1n) is 11.6. The largest absolute Gasteiger partial charge is 0.497 e. The van der Waals surface area contributed by atoms with Gasteiger partial charge in [-0.1, -0.05) is 18.2 Å². The summed E-state index contributed by atoms with van der Waals surface area (Å²) in [6.45, 7) is 1.66. The minimum atomic E-state index is -0.520. The maximum absolute atomic E-state index is 13.5. The predicted molar refractivity (Wildman–Crippen MR) is 144 cm³/mol. The number of hydrogen-bond acceptors (Lipinski definition) is 7. The molecule has 0 aliphatic heterocycles. The topological polar surface area (TPSA) is 116 Å². The summed E-state index contributed by atoms with van der Waals surface area (Å²) in [6.07, 6.45) is 0. The maximum Gasteiger partial charge on any atom is 0.281 e. The summed E-state index contributed by atoms with van der Waals surface area (Å²) in [4.78, 5) is 26.5. The number of hydrazone groups is 1. The molecule has 196 valence electrons. The van der Waals surface area contributed by atoms with Gasteiger partial charge in [0.15, 0.2) is 11.5 Å². The Morgan fingerprint density at radius 2 is 1.50 bits per heavy atom. The summed E-state index contributed by atoms with van der Waals surface area (Å²) in [5.74, 6) is 1.19. The van der Waals surface area contributed by atoms with Gasteiger partial charge in [-0.05, 0) is 55.5 Å². The average Bonchev–Trinajstić information content (AvgIpc) is 3.32. The lowest BCUT2D eigenvalue weighted by Crippen LogP contribution is -2.23. The van der Waals surface area contributed by atoms with Crippen LogP contribution in [0, 0.1) is 0 Å². The average molecular weight is 517 g/mol. The highest BCUT2D eigenvalue weighted by Gasteiger charge is 2.21. The molecule has 10 heteroatoms. The molecule has 3 aromatic carbocycles. The number of carbonyl (C=O) groups is 1. The minimum Gasteiger partial charge on any atom is -0.497 e. The van der Waals surface area contributed by atoms with Gasteiger partial charge in [-0.25, -0.2) is 10.1 Å². The maximum atomic E-state index is 13.5. The second kappa shape index (κ2) is 11.4. The van der Waals surface area contributed by atoms with Crippen molar-refractivity contribution in [1.82, 2.24) is 15.2 Å². The van der Waals surface area contributed by atoms with Crippen LogP contribution in [0.2, 0.25) is 0 Å². The molecule has 2 N–H and O–H groups in total. The van der Waals surface area contributed by atoms with Crippen molar-refractivity contribution in [1.29, 1.82) is 0 Å². The molecule has 0 radical (unpaired) electrons. The molecule has 0 aliphatic rings. The fraction of sp³-hybridized carbons (Fsp3) is 0.179. The van der Waals surface area contributed by atoms with Crippen molar-refractivity contribution in [3.05, 3.63) is 88.2 Å². The van der Waals surface area contributed by atoms with Crippen LogP contribution in [0.1, 0.15) is 22.8 Å². The molecular weight excluding hydrogens is 488 g/mol. The Labute approximate surface area is 219 Å². The number of amides is 1. The van der Waals surface area contributed by atoms with Gasteiger partial charge in [-0.15, -0.1) is 0 Å². The molecule has 4 rings (SSSR count). The molecule has 10 nitrogen and oxygen atoms in total. The minimum absolute atomic E-state index is 0.238. The van der Waals surface area contributed by atoms with Crippen LogP contribution >= 0.6 is 0 Å². The number of para-hydroxylation sites is 1. The van der Waals surface area contributed by atoms with Crippen molar-refractivity contribution >= 4 is 11.6 Å². The number of aromatic amines is 1. The Morgan fingerprint density at radius 1 is 0.868 bits per heavy atom. The highest BCUT2D eigenvalue weighted by Crippen LogP contribution is 2.38. The highest BCUT2D eigenvalue weighted by molar-refractivity contribution is 6.05. The van der Waals surface area contributed by atoms with E-state index in [0.717, 1.165) is 5.56 Å². The second-order valence-electron chi connectivity index (χ2n) is 8.12. The molecule has 0 fully saturated rings. The Bertz CT molecular complexity index is 1500. The van der Waals surface area contributed by atoms with Gasteiger partial charge in [0.25, 0.3) is 11.5 Å². The third kappa shape index (κ3) is 5.10. The van der Waals surface area contributed by atoms with Crippen molar-refractivity contribution in [3.8, 4) is 39.9 Å². The van der Waals surface area contributed by atoms with E-state index in [2.05, 4.69) is 15.6 Å². The molecule has 1 heterocycles. The second-order valence-corrected chi connectivity index (χ2v) is 8.12. The number of carbonyl (C=O) groups excluding carboxylic acids is 1. The number of benzene rings is 3. The van der Waals surface area contributed by atoms with E-state index in [0.29, 0.717) is 45.7 Å². The van der Waals surface area contributed by atoms with Crippen LogP contribution in [0.15, 0.2) is 76.6 Å². The lowest BCUT2D eigenvalue weighted by Gasteiger charge is -2.13. The first kappa shape index (κ1) is 26.1. The van der Waals surface area contributed by atoms with Crippen LogP contribution in [-0.2, 0) is 0 Å². The smallest absolute Gasteiger partial charge is 0.281 e. The van der Waals surface area contributed by atoms with Gasteiger partial charge in [0, 0.05) is 11.1 Å². The molecule has 0 saturated carbocycles. The van der Waals surface area contributed by atoms with Crippen LogP contribution in [-0.4, -0.2) is 49.8 Å². The molecule has 4 aromatic rings. The molecule has 38 heavy (non-hydrogen) atoms. The van der Waals surface area contributed by atoms with E-state index in [1.807, 2.05) is 42.5 Å². The van der Waals surface area contributed by atoms with Crippen molar-refractivity contribution in [2.45, 2.75) is 6.92 Å². The monoisotopic (exact) mass is 516 g/mol. The van der Waals surface area contributed by atoms with Crippen LogP contribution in [0.5, 0.6) is 23.0 Å². The number of H-pyrrole nitrogens is 1. The Hall–Kier alpha value is -4.99. The van der Waals surface area contributed by atoms with Gasteiger partial charge in [0.2, 0.25) is 5.75 Å². The summed E-state index contributed by atoms with van der Waals surface area (Å²) in [5.41, 5.74) is 5.03. The third-order valence-corrected chi connectivity index (χ3v) is 5.90. The Kier molecular flexibility index (Phi) is 7.81. The number of nitrogens with one attached hydrogen (secondary N) is 2. The molecular formula is C28H28N4O6. The first-order chi connectivity index (χ1) is 18.4. The molecule has 1 aromatic heterocycles. The number of ether oxygens (including phenoxy) is 4. The summed E-state index contributed by atoms with van der Waals surface area (Å²) in [7, 11) is 5.99. The van der Waals surface area contributed by atoms with Gasteiger partial charge in [0.1, 0.15) is 5.75 Å². The van der Waals surface area contributed by atoms with Crippen molar-refractivity contribution in [3.63, 3.8) is 0 Å². The standard InChI is InChI=1S/C28H28N4O6/c1-17(29-30-27(33)19-15-22(36-3)26(38-5)23(16-19)37-4)24-25(18-11-13-21(35-2)14-12-18)31-32(28(24)34)20-9-7-6-8-10-20/h6-16,31H,1-5H3,(H,30,33). The van der Waals surface area contributed by atoms with E-state index < -0.39 is 5.91 Å². The zero-order valence-corrected chi connectivity index (χ0v) is 21.7. The van der Waals surface area contributed by atoms with Gasteiger partial charge in [-0.2, -0.15) is 5.10 Å². The quantitative estimate of drug-likeness (QED) is 0.256. The van der Waals surface area contributed by atoms with E-state index in [1.54, 1.807) is 26.2 Å². The van der Waals surface area contributed by atoms with E-state index in [1.165, 1.54) is 38.1 Å². The SMILES string of the molecule is COc1ccc(-c2[nH]n(-c3ccccc3)c(=O)c2C(C)=NNC(=O)c2cc(OC)c(OC)c(OC)c2)cc1.